The molecule has 3 nitrogen and oxygen atoms in total. The van der Waals surface area contributed by atoms with Crippen LogP contribution in [0.1, 0.15) is 34.3 Å². The first-order chi connectivity index (χ1) is 8.24. The summed E-state index contributed by atoms with van der Waals surface area (Å²) in [5.74, 6) is 0.0525. The van der Waals surface area contributed by atoms with Crippen molar-refractivity contribution in [3.05, 3.63) is 21.9 Å². The number of carbonyl (C=O) groups excluding carboxylic acids is 1. The van der Waals surface area contributed by atoms with Crippen molar-refractivity contribution < 1.29 is 14.3 Å². The zero-order chi connectivity index (χ0) is 12.5. The molecule has 0 fully saturated rings. The number of ketones is 1. The predicted molar refractivity (Wildman–Crippen MR) is 69.9 cm³/mol. The second kappa shape index (κ2) is 8.39. The van der Waals surface area contributed by atoms with Crippen LogP contribution in [-0.4, -0.2) is 32.2 Å². The number of aryl methyl sites for hydroxylation is 1. The van der Waals surface area contributed by atoms with Gasteiger partial charge in [-0.1, -0.05) is 13.3 Å². The van der Waals surface area contributed by atoms with E-state index >= 15 is 0 Å². The van der Waals surface area contributed by atoms with Crippen LogP contribution in [0.5, 0.6) is 0 Å². The Morgan fingerprint density at radius 3 is 2.65 bits per heavy atom. The lowest BCUT2D eigenvalue weighted by molar-refractivity contribution is 0.0434. The molecule has 96 valence electrons. The third kappa shape index (κ3) is 5.96. The highest BCUT2D eigenvalue weighted by Gasteiger charge is 2.07. The Hall–Kier alpha value is -0.710. The van der Waals surface area contributed by atoms with Crippen molar-refractivity contribution in [2.45, 2.75) is 26.7 Å². The number of hydrogen-bond acceptors (Lipinski definition) is 4. The molecule has 1 aromatic rings. The average molecular weight is 256 g/mol. The second-order valence-corrected chi connectivity index (χ2v) is 5.14. The number of unbranched alkanes of at least 4 members (excludes halogenated alkanes) is 1. The fourth-order valence-corrected chi connectivity index (χ4v) is 2.08. The van der Waals surface area contributed by atoms with E-state index in [4.69, 9.17) is 9.47 Å². The first kappa shape index (κ1) is 14.4. The van der Waals surface area contributed by atoms with Gasteiger partial charge in [0.1, 0.15) is 6.61 Å². The zero-order valence-corrected chi connectivity index (χ0v) is 11.3. The van der Waals surface area contributed by atoms with Gasteiger partial charge in [0.15, 0.2) is 5.78 Å². The molecule has 0 saturated carbocycles. The molecule has 0 aromatic carbocycles. The van der Waals surface area contributed by atoms with Gasteiger partial charge in [0, 0.05) is 11.5 Å². The number of hydrogen-bond donors (Lipinski definition) is 0. The fourth-order valence-electron chi connectivity index (χ4n) is 1.29. The second-order valence-electron chi connectivity index (χ2n) is 3.85. The lowest BCUT2D eigenvalue weighted by atomic mass is 10.3. The molecule has 1 heterocycles. The molecule has 0 N–H and O–H groups in total. The molecule has 1 aromatic heterocycles. The van der Waals surface area contributed by atoms with E-state index in [1.54, 1.807) is 0 Å². The molecule has 0 saturated heterocycles. The summed E-state index contributed by atoms with van der Waals surface area (Å²) >= 11 is 1.51. The van der Waals surface area contributed by atoms with Gasteiger partial charge in [0.05, 0.1) is 18.1 Å². The van der Waals surface area contributed by atoms with Crippen LogP contribution in [0.25, 0.3) is 0 Å². The highest BCUT2D eigenvalue weighted by atomic mass is 32.1. The minimum absolute atomic E-state index is 0.0525. The van der Waals surface area contributed by atoms with Gasteiger partial charge < -0.3 is 9.47 Å². The van der Waals surface area contributed by atoms with Crippen LogP contribution < -0.4 is 0 Å². The van der Waals surface area contributed by atoms with Crippen molar-refractivity contribution >= 4 is 17.1 Å². The summed E-state index contributed by atoms with van der Waals surface area (Å²) in [5, 5.41) is 0. The lowest BCUT2D eigenvalue weighted by Crippen LogP contribution is -2.12. The maximum atomic E-state index is 11.6. The third-order valence-electron chi connectivity index (χ3n) is 2.26. The predicted octanol–water partition coefficient (Wildman–Crippen LogP) is 3.07. The minimum atomic E-state index is 0.0525. The Kier molecular flexibility index (Phi) is 7.08. The molecule has 0 spiro atoms. The lowest BCUT2D eigenvalue weighted by Gasteiger charge is -2.04. The van der Waals surface area contributed by atoms with Crippen molar-refractivity contribution in [2.75, 3.05) is 26.4 Å². The first-order valence-electron chi connectivity index (χ1n) is 5.99. The normalized spacial score (nSPS) is 10.7. The first-order valence-corrected chi connectivity index (χ1v) is 6.80. The minimum Gasteiger partial charge on any atom is -0.379 e. The van der Waals surface area contributed by atoms with E-state index in [0.29, 0.717) is 13.2 Å². The van der Waals surface area contributed by atoms with Gasteiger partial charge in [-0.25, -0.2) is 0 Å². The molecular weight excluding hydrogens is 236 g/mol. The van der Waals surface area contributed by atoms with E-state index in [1.807, 2.05) is 19.1 Å². The molecule has 0 aliphatic heterocycles. The van der Waals surface area contributed by atoms with Crippen LogP contribution in [0.4, 0.5) is 0 Å². The Morgan fingerprint density at radius 2 is 2.00 bits per heavy atom. The van der Waals surface area contributed by atoms with Crippen LogP contribution in [0, 0.1) is 6.92 Å². The Balaban J connectivity index is 2.05. The number of carbonyl (C=O) groups is 1. The molecular formula is C13H20O3S. The molecule has 1 rings (SSSR count). The number of ether oxygens (including phenoxy) is 2. The van der Waals surface area contributed by atoms with Crippen LogP contribution in [-0.2, 0) is 9.47 Å². The van der Waals surface area contributed by atoms with Gasteiger partial charge >= 0.3 is 0 Å². The molecule has 0 atom stereocenters. The van der Waals surface area contributed by atoms with E-state index in [1.165, 1.54) is 11.3 Å². The van der Waals surface area contributed by atoms with Crippen LogP contribution in [0.15, 0.2) is 12.1 Å². The number of Topliss-reactive ketones (excluding diaryl/α,β-unsaturated/α-hetero) is 1. The average Bonchev–Trinajstić information content (AvgIpc) is 2.74. The Bertz CT molecular complexity index is 333. The molecule has 4 heteroatoms. The summed E-state index contributed by atoms with van der Waals surface area (Å²) in [5.41, 5.74) is 0. The molecule has 0 amide bonds. The molecule has 17 heavy (non-hydrogen) atoms. The summed E-state index contributed by atoms with van der Waals surface area (Å²) in [6.45, 7) is 6.09. The quantitative estimate of drug-likeness (QED) is 0.503. The highest BCUT2D eigenvalue weighted by molar-refractivity contribution is 7.14. The van der Waals surface area contributed by atoms with E-state index < -0.39 is 0 Å². The highest BCUT2D eigenvalue weighted by Crippen LogP contribution is 2.15. The number of rotatable bonds is 9. The van der Waals surface area contributed by atoms with Crippen molar-refractivity contribution in [1.82, 2.24) is 0 Å². The Morgan fingerprint density at radius 1 is 1.24 bits per heavy atom. The maximum absolute atomic E-state index is 11.6. The smallest absolute Gasteiger partial charge is 0.198 e. The van der Waals surface area contributed by atoms with Gasteiger partial charge in [0.25, 0.3) is 0 Å². The SMILES string of the molecule is CCCCOCCOCC(=O)c1ccc(C)s1. The molecule has 0 radical (unpaired) electrons. The van der Waals surface area contributed by atoms with E-state index in [2.05, 4.69) is 6.92 Å². The summed E-state index contributed by atoms with van der Waals surface area (Å²) in [4.78, 5) is 13.6. The van der Waals surface area contributed by atoms with Gasteiger partial charge in [-0.05, 0) is 25.5 Å². The molecule has 0 unspecified atom stereocenters. The van der Waals surface area contributed by atoms with Gasteiger partial charge in [-0.2, -0.15) is 0 Å². The van der Waals surface area contributed by atoms with Crippen LogP contribution in [0.3, 0.4) is 0 Å². The topological polar surface area (TPSA) is 35.5 Å². The number of thiophene rings is 1. The van der Waals surface area contributed by atoms with Gasteiger partial charge in [0.2, 0.25) is 0 Å². The monoisotopic (exact) mass is 256 g/mol. The zero-order valence-electron chi connectivity index (χ0n) is 10.5. The molecule has 0 bridgehead atoms. The molecule has 0 aliphatic carbocycles. The summed E-state index contributed by atoms with van der Waals surface area (Å²) in [6, 6.07) is 3.80. The van der Waals surface area contributed by atoms with E-state index in [0.717, 1.165) is 29.2 Å². The van der Waals surface area contributed by atoms with Crippen molar-refractivity contribution in [3.8, 4) is 0 Å². The third-order valence-corrected chi connectivity index (χ3v) is 3.30. The van der Waals surface area contributed by atoms with Crippen molar-refractivity contribution in [3.63, 3.8) is 0 Å². The van der Waals surface area contributed by atoms with Gasteiger partial charge in [-0.3, -0.25) is 4.79 Å². The van der Waals surface area contributed by atoms with Crippen molar-refractivity contribution in [2.24, 2.45) is 0 Å². The van der Waals surface area contributed by atoms with E-state index in [-0.39, 0.29) is 12.4 Å². The fraction of sp³-hybridized carbons (Fsp3) is 0.615. The van der Waals surface area contributed by atoms with Crippen LogP contribution >= 0.6 is 11.3 Å². The standard InChI is InChI=1S/C13H20O3S/c1-3-4-7-15-8-9-16-10-12(14)13-6-5-11(2)17-13/h5-6H,3-4,7-10H2,1-2H3. The van der Waals surface area contributed by atoms with Crippen LogP contribution in [0.2, 0.25) is 0 Å². The summed E-state index contributed by atoms with van der Waals surface area (Å²) in [6.07, 6.45) is 2.21. The Labute approximate surface area is 107 Å². The molecule has 0 aliphatic rings. The summed E-state index contributed by atoms with van der Waals surface area (Å²) in [7, 11) is 0. The summed E-state index contributed by atoms with van der Waals surface area (Å²) < 4.78 is 10.6. The van der Waals surface area contributed by atoms with Crippen molar-refractivity contribution in [1.29, 1.82) is 0 Å². The van der Waals surface area contributed by atoms with E-state index in [9.17, 15) is 4.79 Å². The maximum Gasteiger partial charge on any atom is 0.198 e. The van der Waals surface area contributed by atoms with Gasteiger partial charge in [-0.15, -0.1) is 11.3 Å². The largest absolute Gasteiger partial charge is 0.379 e.